The summed E-state index contributed by atoms with van der Waals surface area (Å²) in [5.74, 6) is -0.659. The number of carbonyl (C=O) groups is 1. The zero-order valence-corrected chi connectivity index (χ0v) is 15.4. The van der Waals surface area contributed by atoms with Gasteiger partial charge in [0.15, 0.2) is 0 Å². The Bertz CT molecular complexity index is 714. The van der Waals surface area contributed by atoms with E-state index in [4.69, 9.17) is 5.73 Å². The van der Waals surface area contributed by atoms with Gasteiger partial charge in [-0.25, -0.2) is 0 Å². The van der Waals surface area contributed by atoms with E-state index in [1.807, 2.05) is 37.3 Å². The first-order valence-electron chi connectivity index (χ1n) is 8.01. The van der Waals surface area contributed by atoms with Gasteiger partial charge in [-0.05, 0) is 18.6 Å². The van der Waals surface area contributed by atoms with E-state index in [0.717, 1.165) is 11.1 Å². The second-order valence-electron chi connectivity index (χ2n) is 5.93. The summed E-state index contributed by atoms with van der Waals surface area (Å²) in [6, 6.07) is 13.7. The van der Waals surface area contributed by atoms with E-state index in [1.54, 1.807) is 19.1 Å². The maximum absolute atomic E-state index is 12.5. The molecule has 2 rings (SSSR count). The van der Waals surface area contributed by atoms with Crippen molar-refractivity contribution >= 4 is 18.3 Å². The number of alkyl halides is 2. The number of nitrogens with two attached hydrogens (primary N) is 1. The van der Waals surface area contributed by atoms with Gasteiger partial charge in [-0.3, -0.25) is 4.79 Å². The van der Waals surface area contributed by atoms with Crippen molar-refractivity contribution in [2.75, 3.05) is 0 Å². The van der Waals surface area contributed by atoms with E-state index < -0.39 is 18.6 Å². The molecule has 0 radical (unpaired) electrons. The Kier molecular flexibility index (Phi) is 8.48. The quantitative estimate of drug-likeness (QED) is 0.759. The van der Waals surface area contributed by atoms with Crippen molar-refractivity contribution in [3.8, 4) is 5.75 Å². The van der Waals surface area contributed by atoms with Crippen molar-refractivity contribution in [2.45, 2.75) is 33.0 Å². The number of aryl methyl sites for hydroxylation is 1. The predicted octanol–water partition coefficient (Wildman–Crippen LogP) is 3.97. The highest BCUT2D eigenvalue weighted by atomic mass is 35.5. The van der Waals surface area contributed by atoms with Gasteiger partial charge >= 0.3 is 6.61 Å². The Labute approximate surface area is 158 Å². The third kappa shape index (κ3) is 5.97. The molecule has 0 saturated heterocycles. The van der Waals surface area contributed by atoms with Crippen LogP contribution in [0.2, 0.25) is 0 Å². The summed E-state index contributed by atoms with van der Waals surface area (Å²) in [5.41, 5.74) is 8.39. The fourth-order valence-corrected chi connectivity index (χ4v) is 2.53. The molecule has 0 aliphatic rings. The highest BCUT2D eigenvalue weighted by molar-refractivity contribution is 5.85. The zero-order chi connectivity index (χ0) is 18.4. The van der Waals surface area contributed by atoms with Crippen LogP contribution in [-0.2, 0) is 11.3 Å². The van der Waals surface area contributed by atoms with Crippen LogP contribution in [-0.4, -0.2) is 12.5 Å². The molecular weight excluding hydrogens is 362 g/mol. The lowest BCUT2D eigenvalue weighted by Crippen LogP contribution is -2.35. The lowest BCUT2D eigenvalue weighted by Gasteiger charge is -2.20. The summed E-state index contributed by atoms with van der Waals surface area (Å²) in [7, 11) is 0. The monoisotopic (exact) mass is 384 g/mol. The van der Waals surface area contributed by atoms with Gasteiger partial charge in [-0.2, -0.15) is 8.78 Å². The minimum Gasteiger partial charge on any atom is -0.434 e. The SMILES string of the molecule is Cc1ccc(OC(F)F)c(CNC(=O)C(C)C(N)c2ccccc2)c1.Cl. The molecule has 0 spiro atoms. The number of halogens is 3. The molecule has 142 valence electrons. The van der Waals surface area contributed by atoms with Gasteiger partial charge < -0.3 is 15.8 Å². The average Bonchev–Trinajstić information content (AvgIpc) is 2.60. The minimum atomic E-state index is -2.91. The van der Waals surface area contributed by atoms with Gasteiger partial charge in [0.05, 0.1) is 5.92 Å². The molecule has 4 nitrogen and oxygen atoms in total. The first-order chi connectivity index (χ1) is 11.9. The van der Waals surface area contributed by atoms with E-state index in [-0.39, 0.29) is 30.6 Å². The van der Waals surface area contributed by atoms with Gasteiger partial charge in [0.25, 0.3) is 0 Å². The topological polar surface area (TPSA) is 64.3 Å². The number of hydrogen-bond donors (Lipinski definition) is 2. The Morgan fingerprint density at radius 3 is 2.46 bits per heavy atom. The largest absolute Gasteiger partial charge is 0.434 e. The lowest BCUT2D eigenvalue weighted by molar-refractivity contribution is -0.125. The van der Waals surface area contributed by atoms with Crippen LogP contribution in [0.4, 0.5) is 8.78 Å². The molecule has 2 aromatic carbocycles. The first kappa shape index (κ1) is 21.9. The van der Waals surface area contributed by atoms with E-state index in [9.17, 15) is 13.6 Å². The van der Waals surface area contributed by atoms with Crippen molar-refractivity contribution in [3.05, 3.63) is 65.2 Å². The Morgan fingerprint density at radius 2 is 1.85 bits per heavy atom. The second-order valence-corrected chi connectivity index (χ2v) is 5.93. The third-order valence-corrected chi connectivity index (χ3v) is 4.02. The minimum absolute atomic E-state index is 0. The molecule has 0 fully saturated rings. The maximum atomic E-state index is 12.5. The summed E-state index contributed by atoms with van der Waals surface area (Å²) in [6.45, 7) is 0.752. The third-order valence-electron chi connectivity index (χ3n) is 4.02. The number of rotatable bonds is 7. The van der Waals surface area contributed by atoms with Crippen molar-refractivity contribution in [2.24, 2.45) is 11.7 Å². The molecule has 3 N–H and O–H groups in total. The van der Waals surface area contributed by atoms with Crippen molar-refractivity contribution in [1.29, 1.82) is 0 Å². The van der Waals surface area contributed by atoms with Crippen molar-refractivity contribution in [3.63, 3.8) is 0 Å². The summed E-state index contributed by atoms with van der Waals surface area (Å²) in [5, 5.41) is 2.75. The van der Waals surface area contributed by atoms with Gasteiger partial charge in [0.1, 0.15) is 5.75 Å². The van der Waals surface area contributed by atoms with E-state index in [1.165, 1.54) is 6.07 Å². The molecule has 26 heavy (non-hydrogen) atoms. The van der Waals surface area contributed by atoms with E-state index in [2.05, 4.69) is 10.1 Å². The number of benzene rings is 2. The number of ether oxygens (including phenoxy) is 1. The van der Waals surface area contributed by atoms with Crippen LogP contribution in [0.1, 0.15) is 29.7 Å². The Morgan fingerprint density at radius 1 is 1.19 bits per heavy atom. The first-order valence-corrected chi connectivity index (χ1v) is 8.01. The van der Waals surface area contributed by atoms with Gasteiger partial charge in [0.2, 0.25) is 5.91 Å². The Balaban J connectivity index is 0.00000338. The van der Waals surface area contributed by atoms with Crippen LogP contribution in [0.3, 0.4) is 0 Å². The highest BCUT2D eigenvalue weighted by Crippen LogP contribution is 2.23. The predicted molar refractivity (Wildman–Crippen MR) is 99.4 cm³/mol. The molecule has 2 atom stereocenters. The molecule has 0 bridgehead atoms. The van der Waals surface area contributed by atoms with Crippen LogP contribution >= 0.6 is 12.4 Å². The highest BCUT2D eigenvalue weighted by Gasteiger charge is 2.22. The summed E-state index contributed by atoms with van der Waals surface area (Å²) in [6.07, 6.45) is 0. The number of hydrogen-bond acceptors (Lipinski definition) is 3. The zero-order valence-electron chi connectivity index (χ0n) is 14.6. The van der Waals surface area contributed by atoms with Crippen LogP contribution in [0.5, 0.6) is 5.75 Å². The van der Waals surface area contributed by atoms with Gasteiger partial charge in [-0.15, -0.1) is 12.4 Å². The molecule has 0 aliphatic heterocycles. The second kappa shape index (κ2) is 10.1. The molecule has 0 saturated carbocycles. The van der Waals surface area contributed by atoms with E-state index >= 15 is 0 Å². The molecule has 2 unspecified atom stereocenters. The van der Waals surface area contributed by atoms with Crippen molar-refractivity contribution in [1.82, 2.24) is 5.32 Å². The summed E-state index contributed by atoms with van der Waals surface area (Å²) in [4.78, 5) is 12.4. The molecule has 0 aliphatic carbocycles. The Hall–Kier alpha value is -2.18. The van der Waals surface area contributed by atoms with Gasteiger partial charge in [-0.1, -0.05) is 55.0 Å². The summed E-state index contributed by atoms with van der Waals surface area (Å²) < 4.78 is 29.5. The number of amides is 1. The molecule has 0 heterocycles. The van der Waals surface area contributed by atoms with Crippen LogP contribution < -0.4 is 15.8 Å². The lowest BCUT2D eigenvalue weighted by atomic mass is 9.94. The fraction of sp³-hybridized carbons (Fsp3) is 0.316. The van der Waals surface area contributed by atoms with Crippen LogP contribution in [0.15, 0.2) is 48.5 Å². The smallest absolute Gasteiger partial charge is 0.387 e. The fourth-order valence-electron chi connectivity index (χ4n) is 2.53. The molecule has 0 aromatic heterocycles. The standard InChI is InChI=1S/C19H22F2N2O2.ClH/c1-12-8-9-16(25-19(20)21)15(10-12)11-23-18(24)13(2)17(22)14-6-4-3-5-7-14;/h3-10,13,17,19H,11,22H2,1-2H3,(H,23,24);1H. The number of carbonyl (C=O) groups excluding carboxylic acids is 1. The summed E-state index contributed by atoms with van der Waals surface area (Å²) >= 11 is 0. The number of nitrogens with one attached hydrogen (secondary N) is 1. The molecule has 7 heteroatoms. The molecule has 1 amide bonds. The van der Waals surface area contributed by atoms with Crippen molar-refractivity contribution < 1.29 is 18.3 Å². The van der Waals surface area contributed by atoms with E-state index in [0.29, 0.717) is 5.56 Å². The van der Waals surface area contributed by atoms with Crippen LogP contribution in [0, 0.1) is 12.8 Å². The maximum Gasteiger partial charge on any atom is 0.387 e. The molecular formula is C19H23ClF2N2O2. The average molecular weight is 385 g/mol. The normalized spacial score (nSPS) is 12.8. The van der Waals surface area contributed by atoms with Crippen LogP contribution in [0.25, 0.3) is 0 Å². The van der Waals surface area contributed by atoms with Gasteiger partial charge in [0, 0.05) is 18.2 Å². The molecule has 2 aromatic rings.